The number of halogens is 1. The van der Waals surface area contributed by atoms with Gasteiger partial charge in [-0.2, -0.15) is 11.8 Å². The second-order valence-electron chi connectivity index (χ2n) is 4.12. The Morgan fingerprint density at radius 1 is 1.28 bits per heavy atom. The number of carbonyl (C=O) groups is 1. The monoisotopic (exact) mass is 285 g/mol. The molecule has 2 nitrogen and oxygen atoms in total. The van der Waals surface area contributed by atoms with Crippen molar-refractivity contribution in [3.05, 3.63) is 35.9 Å². The number of thioether (sulfide) groups is 1. The van der Waals surface area contributed by atoms with Gasteiger partial charge in [-0.1, -0.05) is 36.8 Å². The first kappa shape index (κ1) is 15.4. The summed E-state index contributed by atoms with van der Waals surface area (Å²) < 4.78 is 0. The molecule has 0 radical (unpaired) electrons. The molecule has 0 saturated carbocycles. The molecule has 1 N–H and O–H groups in total. The summed E-state index contributed by atoms with van der Waals surface area (Å²) in [4.78, 5) is 11.8. The van der Waals surface area contributed by atoms with Gasteiger partial charge in [0.15, 0.2) is 0 Å². The van der Waals surface area contributed by atoms with Crippen LogP contribution in [-0.2, 0) is 4.79 Å². The minimum Gasteiger partial charge on any atom is -0.355 e. The standard InChI is InChI=1S/C14H20ClNOS/c1-18-11-7-3-6-10-16-14(17)13(15)12-8-4-2-5-9-12/h2,4-5,8-9,13H,3,6-7,10-11H2,1H3,(H,16,17). The van der Waals surface area contributed by atoms with E-state index in [1.54, 1.807) is 0 Å². The number of carbonyl (C=O) groups excluding carboxylic acids is 1. The van der Waals surface area contributed by atoms with Crippen molar-refractivity contribution in [1.82, 2.24) is 5.32 Å². The van der Waals surface area contributed by atoms with Crippen molar-refractivity contribution >= 4 is 29.3 Å². The highest BCUT2D eigenvalue weighted by atomic mass is 35.5. The van der Waals surface area contributed by atoms with Crippen LogP contribution >= 0.6 is 23.4 Å². The highest BCUT2D eigenvalue weighted by Crippen LogP contribution is 2.19. The Kier molecular flexibility index (Phi) is 7.94. The molecule has 0 bridgehead atoms. The van der Waals surface area contributed by atoms with E-state index in [-0.39, 0.29) is 5.91 Å². The van der Waals surface area contributed by atoms with Gasteiger partial charge in [0.05, 0.1) is 0 Å². The van der Waals surface area contributed by atoms with Gasteiger partial charge >= 0.3 is 0 Å². The van der Waals surface area contributed by atoms with Gasteiger partial charge in [-0.05, 0) is 30.4 Å². The number of benzene rings is 1. The Bertz CT molecular complexity index is 345. The normalized spacial score (nSPS) is 12.1. The number of nitrogens with one attached hydrogen (secondary N) is 1. The van der Waals surface area contributed by atoms with Gasteiger partial charge in [0.2, 0.25) is 5.91 Å². The van der Waals surface area contributed by atoms with Gasteiger partial charge in [-0.25, -0.2) is 0 Å². The van der Waals surface area contributed by atoms with Gasteiger partial charge in [0.1, 0.15) is 5.38 Å². The SMILES string of the molecule is CSCCCCCNC(=O)C(Cl)c1ccccc1. The van der Waals surface area contributed by atoms with Crippen LogP contribution in [0.5, 0.6) is 0 Å². The minimum atomic E-state index is -0.586. The van der Waals surface area contributed by atoms with Crippen LogP contribution in [0.4, 0.5) is 0 Å². The number of amides is 1. The van der Waals surface area contributed by atoms with E-state index >= 15 is 0 Å². The third-order valence-corrected chi connectivity index (χ3v) is 3.79. The van der Waals surface area contributed by atoms with Gasteiger partial charge < -0.3 is 5.32 Å². The Balaban J connectivity index is 2.20. The predicted molar refractivity (Wildman–Crippen MR) is 80.3 cm³/mol. The maximum Gasteiger partial charge on any atom is 0.242 e. The van der Waals surface area contributed by atoms with Crippen molar-refractivity contribution in [3.8, 4) is 0 Å². The Morgan fingerprint density at radius 2 is 2.00 bits per heavy atom. The lowest BCUT2D eigenvalue weighted by Crippen LogP contribution is -2.27. The van der Waals surface area contributed by atoms with E-state index < -0.39 is 5.38 Å². The number of hydrogen-bond donors (Lipinski definition) is 1. The molecule has 0 fully saturated rings. The Morgan fingerprint density at radius 3 is 2.67 bits per heavy atom. The maximum absolute atomic E-state index is 11.8. The van der Waals surface area contributed by atoms with Gasteiger partial charge in [0.25, 0.3) is 0 Å². The molecular formula is C14H20ClNOS. The summed E-state index contributed by atoms with van der Waals surface area (Å²) in [6.07, 6.45) is 5.49. The number of rotatable bonds is 8. The second-order valence-corrected chi connectivity index (χ2v) is 5.54. The first-order chi connectivity index (χ1) is 8.75. The van der Waals surface area contributed by atoms with Crippen LogP contribution in [0.1, 0.15) is 30.2 Å². The summed E-state index contributed by atoms with van der Waals surface area (Å²) in [7, 11) is 0. The van der Waals surface area contributed by atoms with Crippen molar-refractivity contribution in [3.63, 3.8) is 0 Å². The minimum absolute atomic E-state index is 0.104. The Labute approximate surface area is 118 Å². The molecule has 1 atom stereocenters. The third kappa shape index (κ3) is 5.78. The molecule has 0 aliphatic carbocycles. The van der Waals surface area contributed by atoms with Crippen molar-refractivity contribution < 1.29 is 4.79 Å². The molecule has 18 heavy (non-hydrogen) atoms. The lowest BCUT2D eigenvalue weighted by molar-refractivity contribution is -0.120. The first-order valence-corrected chi connectivity index (χ1v) is 8.04. The van der Waals surface area contributed by atoms with Crippen LogP contribution in [0.15, 0.2) is 30.3 Å². The molecule has 1 aromatic rings. The summed E-state index contributed by atoms with van der Waals surface area (Å²) in [6.45, 7) is 0.712. The van der Waals surface area contributed by atoms with E-state index in [4.69, 9.17) is 11.6 Å². The van der Waals surface area contributed by atoms with E-state index in [1.165, 1.54) is 12.2 Å². The average Bonchev–Trinajstić information content (AvgIpc) is 2.42. The second kappa shape index (κ2) is 9.29. The molecule has 0 aliphatic heterocycles. The topological polar surface area (TPSA) is 29.1 Å². The molecule has 100 valence electrons. The van der Waals surface area contributed by atoms with Crippen LogP contribution < -0.4 is 5.32 Å². The molecule has 1 amide bonds. The largest absolute Gasteiger partial charge is 0.355 e. The number of unbranched alkanes of at least 4 members (excludes halogenated alkanes) is 2. The maximum atomic E-state index is 11.8. The summed E-state index contributed by atoms with van der Waals surface area (Å²) in [5.41, 5.74) is 0.846. The van der Waals surface area contributed by atoms with Crippen LogP contribution in [0.2, 0.25) is 0 Å². The summed E-state index contributed by atoms with van der Waals surface area (Å²) in [5, 5.41) is 2.29. The summed E-state index contributed by atoms with van der Waals surface area (Å²) >= 11 is 7.96. The number of hydrogen-bond acceptors (Lipinski definition) is 2. The zero-order valence-electron chi connectivity index (χ0n) is 10.7. The fourth-order valence-electron chi connectivity index (χ4n) is 1.62. The van der Waals surface area contributed by atoms with Crippen molar-refractivity contribution in [2.45, 2.75) is 24.6 Å². The molecule has 0 aliphatic rings. The van der Waals surface area contributed by atoms with Crippen LogP contribution in [0.3, 0.4) is 0 Å². The highest BCUT2D eigenvalue weighted by Gasteiger charge is 2.16. The molecule has 4 heteroatoms. The van der Waals surface area contributed by atoms with E-state index in [2.05, 4.69) is 11.6 Å². The first-order valence-electron chi connectivity index (χ1n) is 6.21. The van der Waals surface area contributed by atoms with Crippen molar-refractivity contribution in [1.29, 1.82) is 0 Å². The fourth-order valence-corrected chi connectivity index (χ4v) is 2.34. The summed E-state index contributed by atoms with van der Waals surface area (Å²) in [6, 6.07) is 9.43. The molecular weight excluding hydrogens is 266 g/mol. The van der Waals surface area contributed by atoms with Crippen molar-refractivity contribution in [2.75, 3.05) is 18.6 Å². The molecule has 0 aromatic heterocycles. The predicted octanol–water partition coefficient (Wildman–Crippen LogP) is 3.62. The average molecular weight is 286 g/mol. The zero-order chi connectivity index (χ0) is 13.2. The molecule has 1 aromatic carbocycles. The van der Waals surface area contributed by atoms with E-state index in [9.17, 15) is 4.79 Å². The number of alkyl halides is 1. The Hall–Kier alpha value is -0.670. The lowest BCUT2D eigenvalue weighted by Gasteiger charge is -2.10. The van der Waals surface area contributed by atoms with Crippen LogP contribution in [0.25, 0.3) is 0 Å². The molecule has 0 spiro atoms. The van der Waals surface area contributed by atoms with Gasteiger partial charge in [-0.3, -0.25) is 4.79 Å². The van der Waals surface area contributed by atoms with Crippen molar-refractivity contribution in [2.24, 2.45) is 0 Å². The fraction of sp³-hybridized carbons (Fsp3) is 0.500. The summed E-state index contributed by atoms with van der Waals surface area (Å²) in [5.74, 6) is 1.09. The van der Waals surface area contributed by atoms with Crippen LogP contribution in [0, 0.1) is 0 Å². The zero-order valence-corrected chi connectivity index (χ0v) is 12.3. The van der Waals surface area contributed by atoms with E-state index in [0.717, 1.165) is 18.4 Å². The molecule has 1 rings (SSSR count). The van der Waals surface area contributed by atoms with E-state index in [1.807, 2.05) is 42.1 Å². The molecule has 0 saturated heterocycles. The molecule has 1 unspecified atom stereocenters. The van der Waals surface area contributed by atoms with Gasteiger partial charge in [0, 0.05) is 6.54 Å². The lowest BCUT2D eigenvalue weighted by atomic mass is 10.1. The van der Waals surface area contributed by atoms with Gasteiger partial charge in [-0.15, -0.1) is 11.6 Å². The van der Waals surface area contributed by atoms with Crippen LogP contribution in [-0.4, -0.2) is 24.5 Å². The smallest absolute Gasteiger partial charge is 0.242 e. The quantitative estimate of drug-likeness (QED) is 0.584. The molecule has 0 heterocycles. The highest BCUT2D eigenvalue weighted by molar-refractivity contribution is 7.98. The van der Waals surface area contributed by atoms with E-state index in [0.29, 0.717) is 6.54 Å². The third-order valence-electron chi connectivity index (χ3n) is 2.65.